The molecule has 1 aliphatic heterocycles. The van der Waals surface area contributed by atoms with E-state index in [0.717, 1.165) is 36.4 Å². The lowest BCUT2D eigenvalue weighted by Crippen LogP contribution is -2.31. The standard InChI is InChI=1S/C23H27NO2/c1-16(2)8-7-10-17-9-5-6-11-19(17)23-20-15-22(26-4)21(25-3)14-18(20)12-13-24-23/h5-6,9,11,14-16,23-24H,8,12-13H2,1-4H3. The van der Waals surface area contributed by atoms with Gasteiger partial charge in [-0.2, -0.15) is 0 Å². The number of benzene rings is 2. The summed E-state index contributed by atoms with van der Waals surface area (Å²) in [6.45, 7) is 5.32. The third-order valence-electron chi connectivity index (χ3n) is 4.70. The monoisotopic (exact) mass is 349 g/mol. The van der Waals surface area contributed by atoms with E-state index >= 15 is 0 Å². The molecule has 1 aliphatic rings. The van der Waals surface area contributed by atoms with E-state index in [1.165, 1.54) is 16.7 Å². The molecule has 0 aromatic heterocycles. The molecule has 1 unspecified atom stereocenters. The van der Waals surface area contributed by atoms with Crippen molar-refractivity contribution < 1.29 is 9.47 Å². The van der Waals surface area contributed by atoms with Gasteiger partial charge in [0.25, 0.3) is 0 Å². The summed E-state index contributed by atoms with van der Waals surface area (Å²) >= 11 is 0. The Morgan fingerprint density at radius 3 is 2.54 bits per heavy atom. The van der Waals surface area contributed by atoms with Crippen LogP contribution in [0.2, 0.25) is 0 Å². The van der Waals surface area contributed by atoms with Crippen LogP contribution in [0.5, 0.6) is 11.5 Å². The Balaban J connectivity index is 2.03. The normalized spacial score (nSPS) is 15.8. The quantitative estimate of drug-likeness (QED) is 0.833. The predicted molar refractivity (Wildman–Crippen MR) is 106 cm³/mol. The van der Waals surface area contributed by atoms with Crippen molar-refractivity contribution in [1.82, 2.24) is 5.32 Å². The molecule has 1 heterocycles. The van der Waals surface area contributed by atoms with Crippen LogP contribution in [0.25, 0.3) is 0 Å². The van der Waals surface area contributed by atoms with E-state index < -0.39 is 0 Å². The minimum Gasteiger partial charge on any atom is -0.493 e. The lowest BCUT2D eigenvalue weighted by molar-refractivity contribution is 0.353. The highest BCUT2D eigenvalue weighted by molar-refractivity contribution is 5.54. The fraction of sp³-hybridized carbons (Fsp3) is 0.391. The van der Waals surface area contributed by atoms with E-state index in [4.69, 9.17) is 9.47 Å². The molecular formula is C23H27NO2. The molecule has 0 fully saturated rings. The lowest BCUT2D eigenvalue weighted by Gasteiger charge is -2.29. The van der Waals surface area contributed by atoms with Crippen molar-refractivity contribution in [2.24, 2.45) is 5.92 Å². The van der Waals surface area contributed by atoms with E-state index in [-0.39, 0.29) is 6.04 Å². The molecule has 3 rings (SSSR count). The first kappa shape index (κ1) is 18.4. The van der Waals surface area contributed by atoms with E-state index in [1.54, 1.807) is 14.2 Å². The third kappa shape index (κ3) is 3.86. The molecule has 26 heavy (non-hydrogen) atoms. The summed E-state index contributed by atoms with van der Waals surface area (Å²) in [6, 6.07) is 12.7. The van der Waals surface area contributed by atoms with Crippen LogP contribution in [-0.4, -0.2) is 20.8 Å². The minimum absolute atomic E-state index is 0.114. The number of rotatable bonds is 4. The van der Waals surface area contributed by atoms with Crippen molar-refractivity contribution in [3.05, 3.63) is 58.7 Å². The molecule has 0 saturated carbocycles. The van der Waals surface area contributed by atoms with Gasteiger partial charge in [0.2, 0.25) is 0 Å². The van der Waals surface area contributed by atoms with Crippen LogP contribution in [0, 0.1) is 17.8 Å². The number of hydrogen-bond donors (Lipinski definition) is 1. The van der Waals surface area contributed by atoms with Gasteiger partial charge in [-0.15, -0.1) is 0 Å². The zero-order valence-electron chi connectivity index (χ0n) is 16.1. The van der Waals surface area contributed by atoms with Crippen LogP contribution < -0.4 is 14.8 Å². The van der Waals surface area contributed by atoms with E-state index in [1.807, 2.05) is 0 Å². The van der Waals surface area contributed by atoms with Crippen molar-refractivity contribution in [3.63, 3.8) is 0 Å². The van der Waals surface area contributed by atoms with Gasteiger partial charge in [0.05, 0.1) is 20.3 Å². The van der Waals surface area contributed by atoms with E-state index in [2.05, 4.69) is 67.4 Å². The van der Waals surface area contributed by atoms with Gasteiger partial charge in [0.15, 0.2) is 11.5 Å². The summed E-state index contributed by atoms with van der Waals surface area (Å²) < 4.78 is 11.0. The van der Waals surface area contributed by atoms with Gasteiger partial charge in [-0.25, -0.2) is 0 Å². The molecule has 0 amide bonds. The summed E-state index contributed by atoms with van der Waals surface area (Å²) in [5, 5.41) is 3.66. The van der Waals surface area contributed by atoms with Gasteiger partial charge in [0.1, 0.15) is 0 Å². The molecule has 0 spiro atoms. The zero-order valence-corrected chi connectivity index (χ0v) is 16.1. The van der Waals surface area contributed by atoms with Crippen LogP contribution in [0.4, 0.5) is 0 Å². The van der Waals surface area contributed by atoms with Gasteiger partial charge < -0.3 is 14.8 Å². The van der Waals surface area contributed by atoms with Crippen molar-refractivity contribution in [3.8, 4) is 23.3 Å². The summed E-state index contributed by atoms with van der Waals surface area (Å²) in [7, 11) is 3.36. The number of fused-ring (bicyclic) bond motifs is 1. The smallest absolute Gasteiger partial charge is 0.161 e. The maximum Gasteiger partial charge on any atom is 0.161 e. The molecule has 1 N–H and O–H groups in total. The van der Waals surface area contributed by atoms with Crippen molar-refractivity contribution >= 4 is 0 Å². The predicted octanol–water partition coefficient (Wildman–Crippen LogP) is 4.34. The van der Waals surface area contributed by atoms with Crippen LogP contribution in [-0.2, 0) is 6.42 Å². The highest BCUT2D eigenvalue weighted by Crippen LogP contribution is 2.38. The SMILES string of the molecule is COc1cc2c(cc1OC)C(c1ccccc1C#CCC(C)C)NCC2. The van der Waals surface area contributed by atoms with Gasteiger partial charge in [-0.05, 0) is 47.2 Å². The van der Waals surface area contributed by atoms with Gasteiger partial charge in [-0.1, -0.05) is 43.9 Å². The zero-order chi connectivity index (χ0) is 18.5. The van der Waals surface area contributed by atoms with Crippen molar-refractivity contribution in [2.75, 3.05) is 20.8 Å². The largest absolute Gasteiger partial charge is 0.493 e. The van der Waals surface area contributed by atoms with Crippen molar-refractivity contribution in [1.29, 1.82) is 0 Å². The number of hydrogen-bond acceptors (Lipinski definition) is 3. The highest BCUT2D eigenvalue weighted by atomic mass is 16.5. The van der Waals surface area contributed by atoms with Crippen LogP contribution in [0.1, 0.15) is 48.6 Å². The van der Waals surface area contributed by atoms with Crippen molar-refractivity contribution in [2.45, 2.75) is 32.7 Å². The molecule has 3 heteroatoms. The number of methoxy groups -OCH3 is 2. The molecule has 0 radical (unpaired) electrons. The van der Waals surface area contributed by atoms with Gasteiger partial charge in [-0.3, -0.25) is 0 Å². The summed E-state index contributed by atoms with van der Waals surface area (Å²) in [4.78, 5) is 0. The average Bonchev–Trinajstić information content (AvgIpc) is 2.66. The second-order valence-corrected chi connectivity index (χ2v) is 7.03. The first-order valence-electron chi connectivity index (χ1n) is 9.20. The Bertz CT molecular complexity index is 830. The maximum atomic E-state index is 5.53. The molecular weight excluding hydrogens is 322 g/mol. The fourth-order valence-electron chi connectivity index (χ4n) is 3.37. The Kier molecular flexibility index (Phi) is 5.85. The lowest BCUT2D eigenvalue weighted by atomic mass is 9.87. The minimum atomic E-state index is 0.114. The van der Waals surface area contributed by atoms with Gasteiger partial charge >= 0.3 is 0 Å². The second kappa shape index (κ2) is 8.29. The summed E-state index contributed by atoms with van der Waals surface area (Å²) in [6.07, 6.45) is 1.89. The fourth-order valence-corrected chi connectivity index (χ4v) is 3.37. The highest BCUT2D eigenvalue weighted by Gasteiger charge is 2.25. The van der Waals surface area contributed by atoms with Crippen LogP contribution in [0.3, 0.4) is 0 Å². The van der Waals surface area contributed by atoms with E-state index in [0.29, 0.717) is 5.92 Å². The second-order valence-electron chi connectivity index (χ2n) is 7.03. The summed E-state index contributed by atoms with van der Waals surface area (Å²) in [5.74, 6) is 8.84. The average molecular weight is 349 g/mol. The first-order chi connectivity index (χ1) is 12.6. The molecule has 0 bridgehead atoms. The number of nitrogens with one attached hydrogen (secondary N) is 1. The summed E-state index contributed by atoms with van der Waals surface area (Å²) in [5.41, 5.74) is 4.86. The van der Waals surface area contributed by atoms with Crippen LogP contribution >= 0.6 is 0 Å². The molecule has 1 atom stereocenters. The molecule has 2 aromatic rings. The van der Waals surface area contributed by atoms with E-state index in [9.17, 15) is 0 Å². The molecule has 136 valence electrons. The molecule has 3 nitrogen and oxygen atoms in total. The maximum absolute atomic E-state index is 5.53. The van der Waals surface area contributed by atoms with Gasteiger partial charge in [0, 0.05) is 18.5 Å². The Labute approximate surface area is 156 Å². The first-order valence-corrected chi connectivity index (χ1v) is 9.20. The Hall–Kier alpha value is -2.44. The molecule has 0 aliphatic carbocycles. The molecule has 2 aromatic carbocycles. The van der Waals surface area contributed by atoms with Crippen LogP contribution in [0.15, 0.2) is 36.4 Å². The molecule has 0 saturated heterocycles. The third-order valence-corrected chi connectivity index (χ3v) is 4.70. The Morgan fingerprint density at radius 2 is 1.81 bits per heavy atom. The number of ether oxygens (including phenoxy) is 2. The Morgan fingerprint density at radius 1 is 1.08 bits per heavy atom. The topological polar surface area (TPSA) is 30.5 Å².